The minimum atomic E-state index is 0.190. The van der Waals surface area contributed by atoms with Crippen LogP contribution in [-0.4, -0.2) is 0 Å². The molecule has 0 bridgehead atoms. The predicted octanol–water partition coefficient (Wildman–Crippen LogP) is 4.26. The molecule has 2 heteroatoms. The monoisotopic (exact) mass is 269 g/mol. The second-order valence-electron chi connectivity index (χ2n) is 4.22. The van der Waals surface area contributed by atoms with Gasteiger partial charge in [-0.2, -0.15) is 0 Å². The molecule has 0 radical (unpaired) electrons. The van der Waals surface area contributed by atoms with E-state index in [2.05, 4.69) is 48.8 Å². The Morgan fingerprint density at radius 3 is 2.27 bits per heavy atom. The van der Waals surface area contributed by atoms with E-state index >= 15 is 0 Å². The molecule has 0 aliphatic carbocycles. The number of aryl methyl sites for hydroxylation is 2. The number of halogens is 1. The van der Waals surface area contributed by atoms with Gasteiger partial charge < -0.3 is 5.73 Å². The lowest BCUT2D eigenvalue weighted by molar-refractivity contribution is 0.603. The van der Waals surface area contributed by atoms with Crippen molar-refractivity contribution in [1.82, 2.24) is 0 Å². The molecule has 0 saturated heterocycles. The molecule has 0 fully saturated rings. The Bertz CT molecular complexity index is 310. The van der Waals surface area contributed by atoms with Crippen molar-refractivity contribution >= 4 is 15.9 Å². The maximum absolute atomic E-state index is 6.15. The van der Waals surface area contributed by atoms with Crippen LogP contribution >= 0.6 is 15.9 Å². The van der Waals surface area contributed by atoms with Crippen LogP contribution in [-0.2, 0) is 0 Å². The van der Waals surface area contributed by atoms with Gasteiger partial charge in [-0.1, -0.05) is 47.8 Å². The normalized spacial score (nSPS) is 12.9. The van der Waals surface area contributed by atoms with Crippen molar-refractivity contribution in [3.63, 3.8) is 0 Å². The van der Waals surface area contributed by atoms with Crippen molar-refractivity contribution in [2.75, 3.05) is 0 Å². The summed E-state index contributed by atoms with van der Waals surface area (Å²) in [7, 11) is 0. The lowest BCUT2D eigenvalue weighted by atomic mass is 9.98. The van der Waals surface area contributed by atoms with Gasteiger partial charge in [-0.15, -0.1) is 0 Å². The lowest BCUT2D eigenvalue weighted by Crippen LogP contribution is -2.10. The number of rotatable bonds is 4. The molecule has 0 saturated carbocycles. The summed E-state index contributed by atoms with van der Waals surface area (Å²) in [5, 5.41) is 0. The van der Waals surface area contributed by atoms with Crippen LogP contribution < -0.4 is 5.73 Å². The Morgan fingerprint density at radius 1 is 1.27 bits per heavy atom. The van der Waals surface area contributed by atoms with E-state index in [4.69, 9.17) is 5.73 Å². The largest absolute Gasteiger partial charge is 0.324 e. The van der Waals surface area contributed by atoms with Crippen LogP contribution in [0.4, 0.5) is 0 Å². The van der Waals surface area contributed by atoms with E-state index in [0.717, 1.165) is 6.42 Å². The average Bonchev–Trinajstić information content (AvgIpc) is 2.21. The second kappa shape index (κ2) is 5.66. The standard InChI is InChI=1S/C13H20BrN/c1-4-5-6-12(15)11-7-9(2)13(14)10(3)8-11/h7-8,12H,4-6,15H2,1-3H3. The SMILES string of the molecule is CCCCC(N)c1cc(C)c(Br)c(C)c1. The van der Waals surface area contributed by atoms with Crippen molar-refractivity contribution < 1.29 is 0 Å². The number of nitrogens with two attached hydrogens (primary N) is 1. The van der Waals surface area contributed by atoms with Crippen molar-refractivity contribution in [3.05, 3.63) is 33.3 Å². The fraction of sp³-hybridized carbons (Fsp3) is 0.538. The molecule has 1 unspecified atom stereocenters. The van der Waals surface area contributed by atoms with Crippen LogP contribution in [0.2, 0.25) is 0 Å². The maximum atomic E-state index is 6.15. The van der Waals surface area contributed by atoms with Gasteiger partial charge in [0.05, 0.1) is 0 Å². The van der Waals surface area contributed by atoms with Gasteiger partial charge in [0.1, 0.15) is 0 Å². The summed E-state index contributed by atoms with van der Waals surface area (Å²) in [6.45, 7) is 6.44. The number of unbranched alkanes of at least 4 members (excludes halogenated alkanes) is 1. The lowest BCUT2D eigenvalue weighted by Gasteiger charge is -2.14. The zero-order chi connectivity index (χ0) is 11.4. The first-order valence-corrected chi connectivity index (χ1v) is 6.37. The molecule has 0 aliphatic heterocycles. The van der Waals surface area contributed by atoms with Crippen LogP contribution in [0, 0.1) is 13.8 Å². The molecule has 1 aromatic carbocycles. The van der Waals surface area contributed by atoms with Gasteiger partial charge in [0.2, 0.25) is 0 Å². The first kappa shape index (κ1) is 12.7. The molecular formula is C13H20BrN. The molecule has 0 aliphatic rings. The maximum Gasteiger partial charge on any atom is 0.0295 e. The smallest absolute Gasteiger partial charge is 0.0295 e. The molecule has 0 aromatic heterocycles. The molecule has 84 valence electrons. The highest BCUT2D eigenvalue weighted by Gasteiger charge is 2.08. The minimum Gasteiger partial charge on any atom is -0.324 e. The highest BCUT2D eigenvalue weighted by atomic mass is 79.9. The average molecular weight is 270 g/mol. The Morgan fingerprint density at radius 2 is 1.80 bits per heavy atom. The van der Waals surface area contributed by atoms with Gasteiger partial charge in [-0.25, -0.2) is 0 Å². The van der Waals surface area contributed by atoms with E-state index in [1.165, 1.54) is 34.0 Å². The minimum absolute atomic E-state index is 0.190. The first-order valence-electron chi connectivity index (χ1n) is 5.58. The van der Waals surface area contributed by atoms with Crippen LogP contribution in [0.15, 0.2) is 16.6 Å². The molecule has 0 heterocycles. The van der Waals surface area contributed by atoms with Crippen molar-refractivity contribution in [3.8, 4) is 0 Å². The van der Waals surface area contributed by atoms with E-state index in [1.807, 2.05) is 0 Å². The third kappa shape index (κ3) is 3.32. The highest BCUT2D eigenvalue weighted by Crippen LogP contribution is 2.26. The number of benzene rings is 1. The molecule has 0 spiro atoms. The summed E-state index contributed by atoms with van der Waals surface area (Å²) in [5.41, 5.74) is 9.97. The fourth-order valence-corrected chi connectivity index (χ4v) is 2.01. The molecule has 15 heavy (non-hydrogen) atoms. The molecule has 1 aromatic rings. The van der Waals surface area contributed by atoms with Crippen molar-refractivity contribution in [1.29, 1.82) is 0 Å². The highest BCUT2D eigenvalue weighted by molar-refractivity contribution is 9.10. The summed E-state index contributed by atoms with van der Waals surface area (Å²) < 4.78 is 1.20. The van der Waals surface area contributed by atoms with E-state index in [9.17, 15) is 0 Å². The predicted molar refractivity (Wildman–Crippen MR) is 70.1 cm³/mol. The Balaban J connectivity index is 2.86. The van der Waals surface area contributed by atoms with Crippen molar-refractivity contribution in [2.45, 2.75) is 46.1 Å². The first-order chi connectivity index (χ1) is 7.06. The topological polar surface area (TPSA) is 26.0 Å². The zero-order valence-electron chi connectivity index (χ0n) is 9.81. The van der Waals surface area contributed by atoms with E-state index in [1.54, 1.807) is 0 Å². The van der Waals surface area contributed by atoms with Gasteiger partial charge in [0, 0.05) is 10.5 Å². The molecule has 1 nitrogen and oxygen atoms in total. The van der Waals surface area contributed by atoms with E-state index in [-0.39, 0.29) is 6.04 Å². The summed E-state index contributed by atoms with van der Waals surface area (Å²) >= 11 is 3.57. The van der Waals surface area contributed by atoms with Gasteiger partial charge in [-0.3, -0.25) is 0 Å². The quantitative estimate of drug-likeness (QED) is 0.869. The van der Waals surface area contributed by atoms with Gasteiger partial charge >= 0.3 is 0 Å². The van der Waals surface area contributed by atoms with Gasteiger partial charge in [0.25, 0.3) is 0 Å². The zero-order valence-corrected chi connectivity index (χ0v) is 11.4. The van der Waals surface area contributed by atoms with Gasteiger partial charge in [0.15, 0.2) is 0 Å². The molecule has 1 atom stereocenters. The van der Waals surface area contributed by atoms with E-state index < -0.39 is 0 Å². The third-order valence-corrected chi connectivity index (χ3v) is 4.01. The van der Waals surface area contributed by atoms with Crippen molar-refractivity contribution in [2.24, 2.45) is 5.73 Å². The Hall–Kier alpha value is -0.340. The summed E-state index contributed by atoms with van der Waals surface area (Å²) in [4.78, 5) is 0. The Labute approximate surface area is 101 Å². The summed E-state index contributed by atoms with van der Waals surface area (Å²) in [6, 6.07) is 4.57. The fourth-order valence-electron chi connectivity index (χ4n) is 1.78. The summed E-state index contributed by atoms with van der Waals surface area (Å²) in [5.74, 6) is 0. The number of hydrogen-bond acceptors (Lipinski definition) is 1. The van der Waals surface area contributed by atoms with Crippen LogP contribution in [0.1, 0.15) is 48.9 Å². The van der Waals surface area contributed by atoms with Gasteiger partial charge in [-0.05, 0) is 37.0 Å². The van der Waals surface area contributed by atoms with Crippen LogP contribution in [0.25, 0.3) is 0 Å². The Kier molecular flexibility index (Phi) is 4.81. The van der Waals surface area contributed by atoms with E-state index in [0.29, 0.717) is 0 Å². The summed E-state index contributed by atoms with van der Waals surface area (Å²) in [6.07, 6.45) is 3.49. The number of hydrogen-bond donors (Lipinski definition) is 1. The molecular weight excluding hydrogens is 250 g/mol. The molecule has 0 amide bonds. The third-order valence-electron chi connectivity index (χ3n) is 2.76. The van der Waals surface area contributed by atoms with Crippen LogP contribution in [0.3, 0.4) is 0 Å². The molecule has 1 rings (SSSR count). The second-order valence-corrected chi connectivity index (χ2v) is 5.01. The molecule has 2 N–H and O–H groups in total. The van der Waals surface area contributed by atoms with Crippen LogP contribution in [0.5, 0.6) is 0 Å².